The second-order valence-corrected chi connectivity index (χ2v) is 7.57. The number of rotatable bonds is 11. The van der Waals surface area contributed by atoms with Gasteiger partial charge in [0.15, 0.2) is 0 Å². The molecule has 2 saturated heterocycles. The molecule has 4 atom stereocenters. The molecule has 2 bridgehead atoms. The lowest BCUT2D eigenvalue weighted by Crippen LogP contribution is -2.41. The Kier molecular flexibility index (Phi) is 8.94. The molecular formula is C20H30N2O4S. The number of carbonyl (C=O) groups is 2. The average molecular weight is 395 g/mol. The van der Waals surface area contributed by atoms with Crippen molar-refractivity contribution in [2.45, 2.75) is 57.7 Å². The Balaban J connectivity index is 1.73. The van der Waals surface area contributed by atoms with Crippen LogP contribution in [0.25, 0.3) is 0 Å². The van der Waals surface area contributed by atoms with Gasteiger partial charge < -0.3 is 20.5 Å². The van der Waals surface area contributed by atoms with Gasteiger partial charge in [-0.15, -0.1) is 0 Å². The van der Waals surface area contributed by atoms with Crippen LogP contribution in [0.15, 0.2) is 24.3 Å². The summed E-state index contributed by atoms with van der Waals surface area (Å²) in [6, 6.07) is 0. The van der Waals surface area contributed by atoms with Crippen molar-refractivity contribution in [3.63, 3.8) is 0 Å². The molecule has 150 valence electrons. The number of amides is 1. The van der Waals surface area contributed by atoms with E-state index in [4.69, 9.17) is 22.1 Å². The summed E-state index contributed by atoms with van der Waals surface area (Å²) in [6.45, 7) is 2.68. The van der Waals surface area contributed by atoms with E-state index in [0.717, 1.165) is 25.7 Å². The van der Waals surface area contributed by atoms with Gasteiger partial charge in [-0.3, -0.25) is 9.59 Å². The smallest absolute Gasteiger partial charge is 0.303 e. The highest BCUT2D eigenvalue weighted by Gasteiger charge is 2.47. The molecule has 6 nitrogen and oxygen atoms in total. The summed E-state index contributed by atoms with van der Waals surface area (Å²) in [5.41, 5.74) is 0. The molecule has 0 aromatic rings. The Morgan fingerprint density at radius 3 is 2.63 bits per heavy atom. The van der Waals surface area contributed by atoms with Gasteiger partial charge in [0, 0.05) is 18.9 Å². The van der Waals surface area contributed by atoms with E-state index in [-0.39, 0.29) is 31.1 Å². The monoisotopic (exact) mass is 394 g/mol. The van der Waals surface area contributed by atoms with E-state index in [0.29, 0.717) is 29.8 Å². The van der Waals surface area contributed by atoms with E-state index in [2.05, 4.69) is 22.8 Å². The van der Waals surface area contributed by atoms with Crippen LogP contribution in [0.5, 0.6) is 0 Å². The van der Waals surface area contributed by atoms with Crippen molar-refractivity contribution in [3.8, 4) is 0 Å². The number of carboxylic acid groups (broad SMARTS) is 1. The summed E-state index contributed by atoms with van der Waals surface area (Å²) in [7, 11) is 0. The van der Waals surface area contributed by atoms with E-state index >= 15 is 0 Å². The fourth-order valence-electron chi connectivity index (χ4n) is 3.89. The topological polar surface area (TPSA) is 87.7 Å². The van der Waals surface area contributed by atoms with E-state index in [1.54, 1.807) is 6.08 Å². The standard InChI is InChI=1S/C20H30N2O4S/c1-2-7-19(27)22-13-18(23)21-12-15-14(16-10-11-17(15)26-16)8-5-3-4-6-9-20(24)25/h2-3,5,7,14-17H,4,6,8-13H2,1H3,(H,21,23)(H,22,27)(H,24,25)/b5-3-,7-2?/t14-,15+,16-,17+/m1/s1. The van der Waals surface area contributed by atoms with E-state index in [1.165, 1.54) is 0 Å². The molecule has 0 radical (unpaired) electrons. The van der Waals surface area contributed by atoms with Crippen molar-refractivity contribution in [2.24, 2.45) is 11.8 Å². The van der Waals surface area contributed by atoms with Crippen molar-refractivity contribution >= 4 is 29.1 Å². The molecule has 0 aromatic carbocycles. The maximum Gasteiger partial charge on any atom is 0.303 e. The molecule has 7 heteroatoms. The Morgan fingerprint density at radius 2 is 1.93 bits per heavy atom. The maximum absolute atomic E-state index is 12.0. The van der Waals surface area contributed by atoms with E-state index < -0.39 is 5.97 Å². The molecule has 27 heavy (non-hydrogen) atoms. The van der Waals surface area contributed by atoms with Gasteiger partial charge in [0.2, 0.25) is 5.91 Å². The highest BCUT2D eigenvalue weighted by atomic mass is 32.1. The van der Waals surface area contributed by atoms with Crippen LogP contribution in [0.2, 0.25) is 0 Å². The molecule has 0 saturated carbocycles. The quantitative estimate of drug-likeness (QED) is 0.216. The first-order valence-electron chi connectivity index (χ1n) is 9.70. The van der Waals surface area contributed by atoms with Crippen molar-refractivity contribution in [1.29, 1.82) is 0 Å². The number of hydrogen-bond acceptors (Lipinski definition) is 4. The molecule has 2 aliphatic rings. The van der Waals surface area contributed by atoms with Crippen LogP contribution in [0, 0.1) is 11.8 Å². The summed E-state index contributed by atoms with van der Waals surface area (Å²) >= 11 is 5.08. The number of carbonyl (C=O) groups excluding carboxylic acids is 1. The first kappa shape index (κ1) is 21.6. The van der Waals surface area contributed by atoms with Gasteiger partial charge in [-0.05, 0) is 51.0 Å². The molecule has 1 amide bonds. The molecule has 0 aromatic heterocycles. The predicted molar refractivity (Wildman–Crippen MR) is 109 cm³/mol. The molecule has 0 spiro atoms. The van der Waals surface area contributed by atoms with E-state index in [9.17, 15) is 9.59 Å². The SMILES string of the molecule is CC=CC(=S)NCC(=O)NC[C@H]1[C@@H](C/C=C\CCCC(=O)O)[C@H]2CC[C@@H]1O2. The van der Waals surface area contributed by atoms with Crippen molar-refractivity contribution in [2.75, 3.05) is 13.1 Å². The zero-order valence-electron chi connectivity index (χ0n) is 15.9. The van der Waals surface area contributed by atoms with Crippen LogP contribution in [0.1, 0.15) is 45.4 Å². The van der Waals surface area contributed by atoms with Gasteiger partial charge in [-0.1, -0.05) is 30.4 Å². The number of carboxylic acids is 1. The Labute approximate surface area is 166 Å². The number of ether oxygens (including phenoxy) is 1. The molecule has 0 aliphatic carbocycles. The summed E-state index contributed by atoms with van der Waals surface area (Å²) in [6.07, 6.45) is 13.0. The fourth-order valence-corrected chi connectivity index (χ4v) is 4.10. The zero-order chi connectivity index (χ0) is 19.6. The van der Waals surface area contributed by atoms with Crippen LogP contribution in [0.3, 0.4) is 0 Å². The summed E-state index contributed by atoms with van der Waals surface area (Å²) < 4.78 is 6.06. The van der Waals surface area contributed by atoms with Crippen molar-refractivity contribution < 1.29 is 19.4 Å². The number of fused-ring (bicyclic) bond motifs is 2. The molecule has 3 N–H and O–H groups in total. The lowest BCUT2D eigenvalue weighted by molar-refractivity contribution is -0.137. The Hall–Kier alpha value is -1.73. The van der Waals surface area contributed by atoms with Gasteiger partial charge in [0.1, 0.15) is 0 Å². The van der Waals surface area contributed by atoms with Gasteiger partial charge >= 0.3 is 5.97 Å². The first-order chi connectivity index (χ1) is 13.0. The molecular weight excluding hydrogens is 364 g/mol. The molecule has 2 aliphatic heterocycles. The zero-order valence-corrected chi connectivity index (χ0v) is 16.7. The summed E-state index contributed by atoms with van der Waals surface area (Å²) in [5.74, 6) is -0.0649. The lowest BCUT2D eigenvalue weighted by Gasteiger charge is -2.27. The number of hydrogen-bond donors (Lipinski definition) is 3. The number of unbranched alkanes of at least 4 members (excludes halogenated alkanes) is 1. The van der Waals surface area contributed by atoms with Crippen LogP contribution < -0.4 is 10.6 Å². The highest BCUT2D eigenvalue weighted by Crippen LogP contribution is 2.44. The van der Waals surface area contributed by atoms with Crippen LogP contribution in [-0.4, -0.2) is 47.3 Å². The van der Waals surface area contributed by atoms with Gasteiger partial charge in [-0.2, -0.15) is 0 Å². The third kappa shape index (κ3) is 7.07. The predicted octanol–water partition coefficient (Wildman–Crippen LogP) is 2.59. The number of thiocarbonyl (C=S) groups is 1. The van der Waals surface area contributed by atoms with Crippen LogP contribution in [0.4, 0.5) is 0 Å². The maximum atomic E-state index is 12.0. The minimum atomic E-state index is -0.748. The first-order valence-corrected chi connectivity index (χ1v) is 10.1. The second-order valence-electron chi connectivity index (χ2n) is 7.13. The molecule has 2 heterocycles. The minimum absolute atomic E-state index is 0.0624. The third-order valence-corrected chi connectivity index (χ3v) is 5.48. The largest absolute Gasteiger partial charge is 0.481 e. The highest BCUT2D eigenvalue weighted by molar-refractivity contribution is 7.80. The average Bonchev–Trinajstić information content (AvgIpc) is 3.22. The molecule has 2 rings (SSSR count). The Morgan fingerprint density at radius 1 is 1.19 bits per heavy atom. The van der Waals surface area contributed by atoms with Crippen molar-refractivity contribution in [3.05, 3.63) is 24.3 Å². The minimum Gasteiger partial charge on any atom is -0.481 e. The number of allylic oxidation sites excluding steroid dienone is 3. The number of aliphatic carboxylic acids is 1. The Bertz CT molecular complexity index is 591. The normalized spacial score (nSPS) is 26.7. The fraction of sp³-hybridized carbons (Fsp3) is 0.650. The van der Waals surface area contributed by atoms with E-state index in [1.807, 2.05) is 13.0 Å². The second kappa shape index (κ2) is 11.2. The lowest BCUT2D eigenvalue weighted by atomic mass is 9.77. The van der Waals surface area contributed by atoms with Crippen LogP contribution >= 0.6 is 12.2 Å². The molecule has 2 fully saturated rings. The third-order valence-electron chi connectivity index (χ3n) is 5.20. The van der Waals surface area contributed by atoms with Gasteiger partial charge in [0.25, 0.3) is 0 Å². The summed E-state index contributed by atoms with van der Waals surface area (Å²) in [4.78, 5) is 23.1. The molecule has 0 unspecified atom stereocenters. The van der Waals surface area contributed by atoms with Gasteiger partial charge in [0.05, 0.1) is 23.7 Å². The van der Waals surface area contributed by atoms with Gasteiger partial charge in [-0.25, -0.2) is 0 Å². The number of nitrogens with one attached hydrogen (secondary N) is 2. The van der Waals surface area contributed by atoms with Crippen molar-refractivity contribution in [1.82, 2.24) is 10.6 Å². The van der Waals surface area contributed by atoms with Crippen LogP contribution in [-0.2, 0) is 14.3 Å². The summed E-state index contributed by atoms with van der Waals surface area (Å²) in [5, 5.41) is 14.6.